The number of likely N-dealkylation sites (N-methyl/N-ethyl adjacent to an activating group) is 1. The number of ether oxygens (including phenoxy) is 1. The molecule has 0 bridgehead atoms. The second kappa shape index (κ2) is 12.7. The maximum Gasteiger partial charge on any atom is 0.318 e. The van der Waals surface area contributed by atoms with E-state index in [1.807, 2.05) is 6.07 Å². The maximum atomic E-state index is 15.4. The molecule has 2 aromatic rings. The number of amides is 1. The van der Waals surface area contributed by atoms with E-state index in [1.54, 1.807) is 17.8 Å². The van der Waals surface area contributed by atoms with E-state index in [1.165, 1.54) is 4.90 Å². The lowest BCUT2D eigenvalue weighted by Crippen LogP contribution is -2.55. The molecule has 0 N–H and O–H groups in total. The van der Waals surface area contributed by atoms with Gasteiger partial charge >= 0.3 is 6.01 Å². The van der Waals surface area contributed by atoms with Crippen molar-refractivity contribution in [3.8, 4) is 12.1 Å². The summed E-state index contributed by atoms with van der Waals surface area (Å²) in [5.74, 6) is -0.276. The Labute approximate surface area is 255 Å². The largest absolute Gasteiger partial charge is 0.462 e. The maximum absolute atomic E-state index is 15.4. The predicted molar refractivity (Wildman–Crippen MR) is 162 cm³/mol. The average Bonchev–Trinajstić information content (AvgIpc) is 3.43. The number of likely N-dealkylation sites (tertiary alicyclic amines) is 1. The lowest BCUT2D eigenvalue weighted by atomic mass is 10.00. The number of rotatable bonds is 7. The number of nitriles is 1. The molecule has 1 amide bonds. The fourth-order valence-electron chi connectivity index (χ4n) is 6.76. The van der Waals surface area contributed by atoms with Gasteiger partial charge in [0.2, 0.25) is 0 Å². The van der Waals surface area contributed by atoms with E-state index >= 15 is 4.39 Å². The molecule has 43 heavy (non-hydrogen) atoms. The van der Waals surface area contributed by atoms with Crippen LogP contribution in [0.25, 0.3) is 0 Å². The van der Waals surface area contributed by atoms with Crippen molar-refractivity contribution in [1.82, 2.24) is 19.8 Å². The van der Waals surface area contributed by atoms with Gasteiger partial charge in [-0.1, -0.05) is 6.58 Å². The SMILES string of the molecule is C=C(F)C(=O)N1CCN(c2nc(OC[C@@H]3CCCN3C)nc3c2CCN(c2c(F)ccc4c2CCCS4)C3)C[C@@H]1CC#N. The molecule has 9 nitrogen and oxygen atoms in total. The van der Waals surface area contributed by atoms with E-state index < -0.39 is 17.8 Å². The zero-order chi connectivity index (χ0) is 30.1. The normalized spacial score (nSPS) is 22.1. The summed E-state index contributed by atoms with van der Waals surface area (Å²) in [6.45, 7) is 6.66. The molecule has 2 fully saturated rings. The highest BCUT2D eigenvalue weighted by Crippen LogP contribution is 2.40. The first-order valence-electron chi connectivity index (χ1n) is 15.0. The monoisotopic (exact) mass is 609 g/mol. The van der Waals surface area contributed by atoms with E-state index in [-0.39, 0.29) is 30.8 Å². The number of anilines is 2. The van der Waals surface area contributed by atoms with Gasteiger partial charge in [0.15, 0.2) is 5.83 Å². The van der Waals surface area contributed by atoms with Crippen LogP contribution < -0.4 is 14.5 Å². The van der Waals surface area contributed by atoms with Crippen molar-refractivity contribution < 1.29 is 18.3 Å². The number of piperazine rings is 1. The number of nitrogens with zero attached hydrogens (tertiary/aromatic N) is 7. The summed E-state index contributed by atoms with van der Waals surface area (Å²) in [7, 11) is 2.09. The van der Waals surface area contributed by atoms with Crippen LogP contribution in [0.2, 0.25) is 0 Å². The van der Waals surface area contributed by atoms with Crippen LogP contribution in [-0.4, -0.2) is 89.9 Å². The summed E-state index contributed by atoms with van der Waals surface area (Å²) in [5.41, 5.74) is 3.49. The molecule has 0 spiro atoms. The van der Waals surface area contributed by atoms with Gasteiger partial charge in [-0.3, -0.25) is 4.79 Å². The van der Waals surface area contributed by atoms with Crippen molar-refractivity contribution in [2.24, 2.45) is 0 Å². The smallest absolute Gasteiger partial charge is 0.318 e. The fraction of sp³-hybridized carbons (Fsp3) is 0.548. The minimum Gasteiger partial charge on any atom is -0.462 e. The van der Waals surface area contributed by atoms with Gasteiger partial charge in [0.25, 0.3) is 5.91 Å². The molecule has 2 atom stereocenters. The van der Waals surface area contributed by atoms with Gasteiger partial charge in [-0.2, -0.15) is 15.2 Å². The Bertz CT molecular complexity index is 1450. The Balaban J connectivity index is 1.32. The molecule has 1 aromatic carbocycles. The zero-order valence-electron chi connectivity index (χ0n) is 24.5. The van der Waals surface area contributed by atoms with Gasteiger partial charge in [0, 0.05) is 42.7 Å². The van der Waals surface area contributed by atoms with Crippen molar-refractivity contribution in [3.05, 3.63) is 47.2 Å². The fourth-order valence-corrected chi connectivity index (χ4v) is 7.80. The molecule has 0 saturated carbocycles. The Hall–Kier alpha value is -3.43. The number of fused-ring (bicyclic) bond motifs is 2. The van der Waals surface area contributed by atoms with Crippen LogP contribution in [-0.2, 0) is 24.2 Å². The zero-order valence-corrected chi connectivity index (χ0v) is 25.3. The number of benzene rings is 1. The topological polar surface area (TPSA) is 88.8 Å². The Morgan fingerprint density at radius 2 is 2.00 bits per heavy atom. The van der Waals surface area contributed by atoms with Crippen molar-refractivity contribution in [2.45, 2.75) is 62.0 Å². The van der Waals surface area contributed by atoms with Crippen LogP contribution >= 0.6 is 11.8 Å². The highest BCUT2D eigenvalue weighted by atomic mass is 32.2. The quantitative estimate of drug-likeness (QED) is 0.431. The molecule has 0 unspecified atom stereocenters. The Morgan fingerprint density at radius 3 is 2.77 bits per heavy atom. The van der Waals surface area contributed by atoms with Gasteiger partial charge in [-0.15, -0.1) is 11.8 Å². The van der Waals surface area contributed by atoms with Crippen molar-refractivity contribution in [1.29, 1.82) is 5.26 Å². The minimum atomic E-state index is -1.03. The third-order valence-electron chi connectivity index (χ3n) is 9.04. The third-order valence-corrected chi connectivity index (χ3v) is 10.2. The molecule has 0 radical (unpaired) electrons. The van der Waals surface area contributed by atoms with Gasteiger partial charge in [0.1, 0.15) is 18.2 Å². The molecule has 4 aliphatic rings. The predicted octanol–water partition coefficient (Wildman–Crippen LogP) is 4.10. The van der Waals surface area contributed by atoms with Crippen LogP contribution in [0, 0.1) is 17.1 Å². The van der Waals surface area contributed by atoms with Crippen molar-refractivity contribution in [3.63, 3.8) is 0 Å². The minimum absolute atomic E-state index is 0.0599. The van der Waals surface area contributed by atoms with Crippen LogP contribution in [0.1, 0.15) is 42.5 Å². The molecule has 0 aliphatic carbocycles. The van der Waals surface area contributed by atoms with Gasteiger partial charge < -0.3 is 24.3 Å². The number of thioether (sulfide) groups is 1. The van der Waals surface area contributed by atoms with E-state index in [9.17, 15) is 14.4 Å². The third kappa shape index (κ3) is 6.02. The summed E-state index contributed by atoms with van der Waals surface area (Å²) in [5, 5.41) is 9.48. The molecular weight excluding hydrogens is 572 g/mol. The Morgan fingerprint density at radius 1 is 1.14 bits per heavy atom. The lowest BCUT2D eigenvalue weighted by Gasteiger charge is -2.42. The van der Waals surface area contributed by atoms with Crippen LogP contribution in [0.4, 0.5) is 20.3 Å². The first-order chi connectivity index (χ1) is 20.8. The number of carbonyl (C=O) groups excluding carboxylic acids is 1. The second-order valence-electron chi connectivity index (χ2n) is 11.7. The average molecular weight is 610 g/mol. The number of hydrogen-bond acceptors (Lipinski definition) is 9. The van der Waals surface area contributed by atoms with Gasteiger partial charge in [0.05, 0.1) is 36.5 Å². The molecule has 1 aromatic heterocycles. The van der Waals surface area contributed by atoms with E-state index in [2.05, 4.69) is 34.4 Å². The van der Waals surface area contributed by atoms with Crippen molar-refractivity contribution >= 4 is 29.2 Å². The second-order valence-corrected chi connectivity index (χ2v) is 12.8. The highest BCUT2D eigenvalue weighted by molar-refractivity contribution is 7.99. The van der Waals surface area contributed by atoms with Crippen molar-refractivity contribution in [2.75, 3.05) is 61.9 Å². The highest BCUT2D eigenvalue weighted by Gasteiger charge is 2.35. The number of halogens is 2. The summed E-state index contributed by atoms with van der Waals surface area (Å²) in [4.78, 5) is 31.2. The van der Waals surface area contributed by atoms with E-state index in [0.29, 0.717) is 50.7 Å². The number of hydrogen-bond donors (Lipinski definition) is 0. The molecular formula is C31H37F2N7O2S. The lowest BCUT2D eigenvalue weighted by molar-refractivity contribution is -0.131. The number of carbonyl (C=O) groups is 1. The Kier molecular flexibility index (Phi) is 8.73. The first-order valence-corrected chi connectivity index (χ1v) is 16.0. The molecule has 2 saturated heterocycles. The van der Waals surface area contributed by atoms with Gasteiger partial charge in [-0.05, 0) is 69.1 Å². The van der Waals surface area contributed by atoms with E-state index in [0.717, 1.165) is 59.7 Å². The van der Waals surface area contributed by atoms with Gasteiger partial charge in [-0.25, -0.2) is 8.78 Å². The molecule has 4 aliphatic heterocycles. The molecule has 6 rings (SSSR count). The van der Waals surface area contributed by atoms with Crippen LogP contribution in [0.15, 0.2) is 29.4 Å². The van der Waals surface area contributed by atoms with Crippen LogP contribution in [0.3, 0.4) is 0 Å². The first kappa shape index (κ1) is 29.6. The molecule has 228 valence electrons. The standard InChI is InChI=1S/C31H37F2N7O2S/c1-20(32)30(41)40-15-14-39(17-21(40)9-11-34)29-23-10-13-38(28-24-6-4-16-43-27(24)8-7-25(28)33)18-26(23)35-31(36-29)42-19-22-5-3-12-37(22)2/h7-8,21-22H,1,3-6,9-10,12-19H2,2H3/t21-,22-/m0/s1. The summed E-state index contributed by atoms with van der Waals surface area (Å²) < 4.78 is 35.4. The molecule has 5 heterocycles. The summed E-state index contributed by atoms with van der Waals surface area (Å²) in [6, 6.07) is 5.65. The van der Waals surface area contributed by atoms with Crippen LogP contribution in [0.5, 0.6) is 6.01 Å². The van der Waals surface area contributed by atoms with E-state index in [4.69, 9.17) is 14.7 Å². The molecule has 12 heteroatoms. The summed E-state index contributed by atoms with van der Waals surface area (Å²) in [6.07, 6.45) is 4.71. The number of aromatic nitrogens is 2. The summed E-state index contributed by atoms with van der Waals surface area (Å²) >= 11 is 1.78.